The summed E-state index contributed by atoms with van der Waals surface area (Å²) in [5.74, 6) is 0.388. The average Bonchev–Trinajstić information content (AvgIpc) is 2.04. The second kappa shape index (κ2) is 4.02. The molecule has 0 bridgehead atoms. The SMILES string of the molecule is CCC/C=C1\C=CC(O)=CC1. The van der Waals surface area contributed by atoms with Gasteiger partial charge in [0.1, 0.15) is 5.76 Å². The molecule has 1 heteroatoms. The quantitative estimate of drug-likeness (QED) is 0.641. The molecule has 1 rings (SSSR count). The molecule has 1 N–H and O–H groups in total. The van der Waals surface area contributed by atoms with Gasteiger partial charge >= 0.3 is 0 Å². The zero-order valence-electron chi connectivity index (χ0n) is 6.88. The van der Waals surface area contributed by atoms with Crippen molar-refractivity contribution >= 4 is 0 Å². The van der Waals surface area contributed by atoms with E-state index in [-0.39, 0.29) is 0 Å². The van der Waals surface area contributed by atoms with Gasteiger partial charge in [-0.25, -0.2) is 0 Å². The van der Waals surface area contributed by atoms with Crippen molar-refractivity contribution in [1.29, 1.82) is 0 Å². The molecule has 0 saturated heterocycles. The predicted molar refractivity (Wildman–Crippen MR) is 47.5 cm³/mol. The van der Waals surface area contributed by atoms with Gasteiger partial charge in [0.25, 0.3) is 0 Å². The average molecular weight is 150 g/mol. The fraction of sp³-hybridized carbons (Fsp3) is 0.400. The number of rotatable bonds is 2. The summed E-state index contributed by atoms with van der Waals surface area (Å²) < 4.78 is 0. The number of aliphatic hydroxyl groups is 1. The molecule has 0 unspecified atom stereocenters. The Morgan fingerprint density at radius 1 is 1.55 bits per heavy atom. The van der Waals surface area contributed by atoms with Gasteiger partial charge in [-0.1, -0.05) is 25.5 Å². The highest BCUT2D eigenvalue weighted by Crippen LogP contribution is 2.14. The first-order valence-electron chi connectivity index (χ1n) is 4.09. The second-order valence-corrected chi connectivity index (χ2v) is 2.73. The summed E-state index contributed by atoms with van der Waals surface area (Å²) in [5.41, 5.74) is 1.31. The van der Waals surface area contributed by atoms with E-state index in [1.54, 1.807) is 6.08 Å². The molecular formula is C10H14O. The second-order valence-electron chi connectivity index (χ2n) is 2.73. The van der Waals surface area contributed by atoms with Gasteiger partial charge in [0.15, 0.2) is 0 Å². The summed E-state index contributed by atoms with van der Waals surface area (Å²) in [6.45, 7) is 2.16. The van der Waals surface area contributed by atoms with E-state index in [9.17, 15) is 0 Å². The zero-order valence-corrected chi connectivity index (χ0v) is 6.88. The van der Waals surface area contributed by atoms with Crippen molar-refractivity contribution in [3.05, 3.63) is 35.6 Å². The number of allylic oxidation sites excluding steroid dienone is 5. The lowest BCUT2D eigenvalue weighted by molar-refractivity contribution is 0.429. The molecule has 0 atom stereocenters. The van der Waals surface area contributed by atoms with Crippen LogP contribution in [0.2, 0.25) is 0 Å². The van der Waals surface area contributed by atoms with Crippen LogP contribution in [-0.4, -0.2) is 5.11 Å². The minimum absolute atomic E-state index is 0.388. The van der Waals surface area contributed by atoms with Crippen LogP contribution >= 0.6 is 0 Å². The van der Waals surface area contributed by atoms with Crippen LogP contribution in [0, 0.1) is 0 Å². The number of hydrogen-bond acceptors (Lipinski definition) is 1. The van der Waals surface area contributed by atoms with Gasteiger partial charge in [-0.15, -0.1) is 0 Å². The highest BCUT2D eigenvalue weighted by atomic mass is 16.3. The zero-order chi connectivity index (χ0) is 8.10. The third kappa shape index (κ3) is 2.62. The van der Waals surface area contributed by atoms with Crippen molar-refractivity contribution in [2.75, 3.05) is 0 Å². The highest BCUT2D eigenvalue weighted by molar-refractivity contribution is 5.31. The maximum atomic E-state index is 9.00. The first kappa shape index (κ1) is 8.12. The Bertz CT molecular complexity index is 209. The van der Waals surface area contributed by atoms with Crippen LogP contribution in [0.15, 0.2) is 35.6 Å². The van der Waals surface area contributed by atoms with Gasteiger partial charge in [0.05, 0.1) is 0 Å². The molecule has 60 valence electrons. The number of aliphatic hydroxyl groups excluding tert-OH is 1. The summed E-state index contributed by atoms with van der Waals surface area (Å²) >= 11 is 0. The van der Waals surface area contributed by atoms with Crippen LogP contribution in [0.25, 0.3) is 0 Å². The van der Waals surface area contributed by atoms with Crippen molar-refractivity contribution in [2.24, 2.45) is 0 Å². The lowest BCUT2D eigenvalue weighted by atomic mass is 10.1. The summed E-state index contributed by atoms with van der Waals surface area (Å²) in [5, 5.41) is 9.00. The van der Waals surface area contributed by atoms with Gasteiger partial charge in [-0.2, -0.15) is 0 Å². The Balaban J connectivity index is 2.48. The Hall–Kier alpha value is -0.980. The van der Waals surface area contributed by atoms with E-state index in [0.717, 1.165) is 12.8 Å². The minimum Gasteiger partial charge on any atom is -0.508 e. The normalized spacial score (nSPS) is 20.5. The van der Waals surface area contributed by atoms with Crippen LogP contribution in [0.3, 0.4) is 0 Å². The summed E-state index contributed by atoms with van der Waals surface area (Å²) in [6, 6.07) is 0. The third-order valence-corrected chi connectivity index (χ3v) is 1.71. The van der Waals surface area contributed by atoms with Crippen LogP contribution < -0.4 is 0 Å². The van der Waals surface area contributed by atoms with Crippen molar-refractivity contribution in [3.8, 4) is 0 Å². The molecule has 0 radical (unpaired) electrons. The van der Waals surface area contributed by atoms with E-state index in [0.29, 0.717) is 5.76 Å². The smallest absolute Gasteiger partial charge is 0.111 e. The van der Waals surface area contributed by atoms with E-state index in [1.165, 1.54) is 12.0 Å². The predicted octanol–water partition coefficient (Wildman–Crippen LogP) is 3.11. The van der Waals surface area contributed by atoms with Crippen molar-refractivity contribution in [2.45, 2.75) is 26.2 Å². The Morgan fingerprint density at radius 2 is 2.36 bits per heavy atom. The van der Waals surface area contributed by atoms with Crippen molar-refractivity contribution in [3.63, 3.8) is 0 Å². The Labute approximate surface area is 67.7 Å². The summed E-state index contributed by atoms with van der Waals surface area (Å²) in [7, 11) is 0. The van der Waals surface area contributed by atoms with E-state index in [1.807, 2.05) is 12.2 Å². The minimum atomic E-state index is 0.388. The molecule has 0 heterocycles. The molecule has 0 aromatic heterocycles. The molecule has 0 saturated carbocycles. The number of hydrogen-bond donors (Lipinski definition) is 1. The van der Waals surface area contributed by atoms with E-state index in [4.69, 9.17) is 5.11 Å². The van der Waals surface area contributed by atoms with Gasteiger partial charge in [0.2, 0.25) is 0 Å². The van der Waals surface area contributed by atoms with Crippen LogP contribution in [-0.2, 0) is 0 Å². The summed E-state index contributed by atoms with van der Waals surface area (Å²) in [6.07, 6.45) is 11.0. The highest BCUT2D eigenvalue weighted by Gasteiger charge is 1.97. The standard InChI is InChI=1S/C10H14O/c1-2-3-4-9-5-7-10(11)8-6-9/h4-5,7-8,11H,2-3,6H2,1H3/b9-4+. The maximum absolute atomic E-state index is 9.00. The molecule has 0 spiro atoms. The monoisotopic (exact) mass is 150 g/mol. The van der Waals surface area contributed by atoms with Gasteiger partial charge in [-0.3, -0.25) is 0 Å². The van der Waals surface area contributed by atoms with Crippen molar-refractivity contribution < 1.29 is 5.11 Å². The van der Waals surface area contributed by atoms with E-state index >= 15 is 0 Å². The first-order valence-corrected chi connectivity index (χ1v) is 4.09. The Kier molecular flexibility index (Phi) is 2.96. The van der Waals surface area contributed by atoms with E-state index in [2.05, 4.69) is 13.0 Å². The van der Waals surface area contributed by atoms with Gasteiger partial charge in [-0.05, 0) is 30.6 Å². The lowest BCUT2D eigenvalue weighted by Gasteiger charge is -2.03. The molecule has 0 aliphatic heterocycles. The van der Waals surface area contributed by atoms with Crippen molar-refractivity contribution in [1.82, 2.24) is 0 Å². The molecule has 0 amide bonds. The fourth-order valence-electron chi connectivity index (χ4n) is 1.03. The molecule has 0 aromatic carbocycles. The molecule has 1 nitrogen and oxygen atoms in total. The van der Waals surface area contributed by atoms with Gasteiger partial charge in [0, 0.05) is 0 Å². The molecule has 0 fully saturated rings. The molecule has 1 aliphatic rings. The first-order chi connectivity index (χ1) is 5.33. The number of unbranched alkanes of at least 4 members (excludes halogenated alkanes) is 1. The molecule has 1 aliphatic carbocycles. The van der Waals surface area contributed by atoms with E-state index < -0.39 is 0 Å². The fourth-order valence-corrected chi connectivity index (χ4v) is 1.03. The molecule has 11 heavy (non-hydrogen) atoms. The van der Waals surface area contributed by atoms with Gasteiger partial charge < -0.3 is 5.11 Å². The largest absolute Gasteiger partial charge is 0.508 e. The Morgan fingerprint density at radius 3 is 2.91 bits per heavy atom. The van der Waals surface area contributed by atoms with Crippen LogP contribution in [0.1, 0.15) is 26.2 Å². The molecule has 0 aromatic rings. The maximum Gasteiger partial charge on any atom is 0.111 e. The van der Waals surface area contributed by atoms with Crippen LogP contribution in [0.4, 0.5) is 0 Å². The lowest BCUT2D eigenvalue weighted by Crippen LogP contribution is -1.86. The summed E-state index contributed by atoms with van der Waals surface area (Å²) in [4.78, 5) is 0. The van der Waals surface area contributed by atoms with Crippen LogP contribution in [0.5, 0.6) is 0 Å². The topological polar surface area (TPSA) is 20.2 Å². The molecular weight excluding hydrogens is 136 g/mol. The third-order valence-electron chi connectivity index (χ3n) is 1.71.